The number of hydrogen-bond donors (Lipinski definition) is 0. The third-order valence-corrected chi connectivity index (χ3v) is 8.86. The maximum absolute atomic E-state index is 9.86. The fraction of sp³-hybridized carbons (Fsp3) is 0.0526. The van der Waals surface area contributed by atoms with Gasteiger partial charge in [-0.3, -0.25) is 0 Å². The Bertz CT molecular complexity index is 2460. The van der Waals surface area contributed by atoms with Crippen molar-refractivity contribution in [2.24, 2.45) is 0 Å². The molecule has 0 N–H and O–H groups in total. The maximum atomic E-state index is 9.86. The fourth-order valence-electron chi connectivity index (χ4n) is 6.92. The van der Waals surface area contributed by atoms with Crippen LogP contribution in [0.4, 0.5) is 11.4 Å². The smallest absolute Gasteiger partial charge is 0.178 e. The Morgan fingerprint density at radius 1 is 0.605 bits per heavy atom. The zero-order valence-corrected chi connectivity index (χ0v) is 22.8. The predicted octanol–water partition coefficient (Wildman–Crippen LogP) is 9.63. The first kappa shape index (κ1) is 23.6. The van der Waals surface area contributed by atoms with Crippen molar-refractivity contribution in [3.8, 4) is 23.3 Å². The molecule has 200 valence electrons. The zero-order valence-electron chi connectivity index (χ0n) is 22.8. The Balaban J connectivity index is 1.25. The molecule has 2 unspecified atom stereocenters. The molecular weight excluding hydrogens is 530 g/mol. The van der Waals surface area contributed by atoms with Crippen LogP contribution in [-0.2, 0) is 0 Å². The molecule has 2 aromatic heterocycles. The number of para-hydroxylation sites is 1. The van der Waals surface area contributed by atoms with Crippen LogP contribution in [-0.4, -0.2) is 6.04 Å². The van der Waals surface area contributed by atoms with Gasteiger partial charge in [-0.25, -0.2) is 0 Å². The van der Waals surface area contributed by atoms with E-state index in [2.05, 4.69) is 89.9 Å². The van der Waals surface area contributed by atoms with E-state index in [0.29, 0.717) is 22.3 Å². The van der Waals surface area contributed by atoms with Crippen LogP contribution in [0.5, 0.6) is 0 Å². The molecule has 3 heterocycles. The SMILES string of the molecule is N#Cc1ccc(N2c3ccccc3C3C=CC=CC32)c(-c2ccc3oc4c(ccc5c6cc(C#N)ccc6oc54)c3c2)c1. The highest BCUT2D eigenvalue weighted by Crippen LogP contribution is 2.50. The third-order valence-electron chi connectivity index (χ3n) is 8.86. The Kier molecular flexibility index (Phi) is 4.80. The molecule has 5 heteroatoms. The fourth-order valence-corrected chi connectivity index (χ4v) is 6.92. The summed E-state index contributed by atoms with van der Waals surface area (Å²) in [5, 5.41) is 23.0. The van der Waals surface area contributed by atoms with Gasteiger partial charge in [0.05, 0.1) is 29.3 Å². The molecule has 0 saturated carbocycles. The van der Waals surface area contributed by atoms with Crippen LogP contribution in [0.3, 0.4) is 0 Å². The maximum Gasteiger partial charge on any atom is 0.178 e. The summed E-state index contributed by atoms with van der Waals surface area (Å²) in [6.07, 6.45) is 8.78. The molecule has 2 aliphatic rings. The highest BCUT2D eigenvalue weighted by Gasteiger charge is 2.38. The second kappa shape index (κ2) is 8.73. The summed E-state index contributed by atoms with van der Waals surface area (Å²) in [5.41, 5.74) is 9.56. The van der Waals surface area contributed by atoms with Crippen LogP contribution in [0, 0.1) is 22.7 Å². The van der Waals surface area contributed by atoms with Crippen molar-refractivity contribution in [3.63, 3.8) is 0 Å². The standard InChI is InChI=1S/C38H21N3O2/c39-20-22-9-14-34(41-32-7-3-1-5-25(32)26-6-2-4-8-33(26)41)29(17-22)24-11-16-36-31(19-24)28-13-12-27-30-18-23(21-40)10-15-35(30)42-37(27)38(28)43-36/h1-19,25,32H. The average molecular weight is 552 g/mol. The summed E-state index contributed by atoms with van der Waals surface area (Å²) in [6.45, 7) is 0. The van der Waals surface area contributed by atoms with Gasteiger partial charge < -0.3 is 13.7 Å². The van der Waals surface area contributed by atoms with Gasteiger partial charge in [0.2, 0.25) is 0 Å². The molecule has 1 aliphatic carbocycles. The van der Waals surface area contributed by atoms with Crippen LogP contribution in [0.1, 0.15) is 22.6 Å². The van der Waals surface area contributed by atoms with Gasteiger partial charge in [0.25, 0.3) is 0 Å². The largest absolute Gasteiger partial charge is 0.452 e. The van der Waals surface area contributed by atoms with Crippen molar-refractivity contribution in [2.45, 2.75) is 12.0 Å². The lowest BCUT2D eigenvalue weighted by atomic mass is 9.91. The number of fused-ring (bicyclic) bond motifs is 10. The van der Waals surface area contributed by atoms with Gasteiger partial charge in [0, 0.05) is 44.4 Å². The van der Waals surface area contributed by atoms with Crippen molar-refractivity contribution >= 4 is 55.3 Å². The molecule has 1 aliphatic heterocycles. The molecule has 7 aromatic rings. The number of allylic oxidation sites excluding steroid dienone is 2. The van der Waals surface area contributed by atoms with Crippen molar-refractivity contribution in [1.29, 1.82) is 10.5 Å². The summed E-state index contributed by atoms with van der Waals surface area (Å²) in [6, 6.07) is 35.0. The van der Waals surface area contributed by atoms with Gasteiger partial charge >= 0.3 is 0 Å². The van der Waals surface area contributed by atoms with Crippen molar-refractivity contribution in [2.75, 3.05) is 4.90 Å². The van der Waals surface area contributed by atoms with Gasteiger partial charge in [-0.05, 0) is 77.9 Å². The van der Waals surface area contributed by atoms with E-state index in [9.17, 15) is 10.5 Å². The summed E-state index contributed by atoms with van der Waals surface area (Å²) in [4.78, 5) is 2.40. The van der Waals surface area contributed by atoms with E-state index in [1.807, 2.05) is 36.4 Å². The Morgan fingerprint density at radius 2 is 1.28 bits per heavy atom. The lowest BCUT2D eigenvalue weighted by Crippen LogP contribution is -2.29. The molecule has 0 amide bonds. The second-order valence-electron chi connectivity index (χ2n) is 11.1. The predicted molar refractivity (Wildman–Crippen MR) is 169 cm³/mol. The molecule has 0 radical (unpaired) electrons. The van der Waals surface area contributed by atoms with Gasteiger partial charge in [0.1, 0.15) is 11.2 Å². The van der Waals surface area contributed by atoms with E-state index in [1.165, 1.54) is 11.3 Å². The zero-order chi connectivity index (χ0) is 28.7. The van der Waals surface area contributed by atoms with E-state index >= 15 is 0 Å². The summed E-state index contributed by atoms with van der Waals surface area (Å²) in [7, 11) is 0. The average Bonchev–Trinajstić information content (AvgIpc) is 3.73. The number of benzene rings is 5. The topological polar surface area (TPSA) is 77.1 Å². The number of nitrogens with zero attached hydrogens (tertiary/aromatic N) is 3. The van der Waals surface area contributed by atoms with Crippen molar-refractivity contribution < 1.29 is 8.83 Å². The highest BCUT2D eigenvalue weighted by molar-refractivity contribution is 6.19. The molecular formula is C38H21N3O2. The number of rotatable bonds is 2. The van der Waals surface area contributed by atoms with Crippen molar-refractivity contribution in [1.82, 2.24) is 0 Å². The molecule has 0 saturated heterocycles. The quantitative estimate of drug-likeness (QED) is 0.214. The van der Waals surface area contributed by atoms with E-state index in [0.717, 1.165) is 49.5 Å². The minimum absolute atomic E-state index is 0.149. The number of anilines is 2. The summed E-state index contributed by atoms with van der Waals surface area (Å²) >= 11 is 0. The number of nitriles is 2. The van der Waals surface area contributed by atoms with Crippen LogP contribution in [0.15, 0.2) is 124 Å². The van der Waals surface area contributed by atoms with Gasteiger partial charge in [-0.15, -0.1) is 0 Å². The first-order chi connectivity index (χ1) is 21.2. The minimum Gasteiger partial charge on any atom is -0.452 e. The van der Waals surface area contributed by atoms with Crippen molar-refractivity contribution in [3.05, 3.63) is 132 Å². The van der Waals surface area contributed by atoms with Crippen LogP contribution in [0.2, 0.25) is 0 Å². The Morgan fingerprint density at radius 3 is 2.07 bits per heavy atom. The minimum atomic E-state index is 0.149. The van der Waals surface area contributed by atoms with Gasteiger partial charge in [-0.2, -0.15) is 10.5 Å². The molecule has 43 heavy (non-hydrogen) atoms. The second-order valence-corrected chi connectivity index (χ2v) is 11.1. The third kappa shape index (κ3) is 3.31. The lowest BCUT2D eigenvalue weighted by Gasteiger charge is -2.30. The van der Waals surface area contributed by atoms with Crippen LogP contribution in [0.25, 0.3) is 55.0 Å². The van der Waals surface area contributed by atoms with Gasteiger partial charge in [0.15, 0.2) is 11.2 Å². The molecule has 9 rings (SSSR count). The molecule has 5 aromatic carbocycles. The monoisotopic (exact) mass is 551 g/mol. The molecule has 0 spiro atoms. The van der Waals surface area contributed by atoms with Crippen LogP contribution >= 0.6 is 0 Å². The van der Waals surface area contributed by atoms with E-state index < -0.39 is 0 Å². The first-order valence-electron chi connectivity index (χ1n) is 14.2. The lowest BCUT2D eigenvalue weighted by molar-refractivity contribution is 0.633. The molecule has 0 bridgehead atoms. The first-order valence-corrected chi connectivity index (χ1v) is 14.2. The van der Waals surface area contributed by atoms with E-state index in [1.54, 1.807) is 6.07 Å². The highest BCUT2D eigenvalue weighted by atomic mass is 16.4. The number of furan rings is 2. The van der Waals surface area contributed by atoms with Gasteiger partial charge in [-0.1, -0.05) is 48.6 Å². The van der Waals surface area contributed by atoms with E-state index in [4.69, 9.17) is 8.83 Å². The Labute approximate surface area is 246 Å². The molecule has 2 atom stereocenters. The Hall–Kier alpha value is -6.04. The summed E-state index contributed by atoms with van der Waals surface area (Å²) < 4.78 is 12.6. The molecule has 0 fully saturated rings. The van der Waals surface area contributed by atoms with Crippen LogP contribution < -0.4 is 4.90 Å². The van der Waals surface area contributed by atoms with E-state index in [-0.39, 0.29) is 12.0 Å². The summed E-state index contributed by atoms with van der Waals surface area (Å²) in [5.74, 6) is 0.264. The molecule has 5 nitrogen and oxygen atoms in total. The normalized spacial score (nSPS) is 17.0. The number of hydrogen-bond acceptors (Lipinski definition) is 5.